The molecular formula is C19H15N3O3S. The molecule has 0 bridgehead atoms. The first-order chi connectivity index (χ1) is 12.6. The Morgan fingerprint density at radius 1 is 1.23 bits per heavy atom. The number of carbonyl (C=O) groups excluding carboxylic acids is 2. The number of nitrogens with zero attached hydrogens (tertiary/aromatic N) is 1. The third kappa shape index (κ3) is 3.16. The summed E-state index contributed by atoms with van der Waals surface area (Å²) in [6.45, 7) is 1.97. The summed E-state index contributed by atoms with van der Waals surface area (Å²) in [6, 6.07) is 14.5. The van der Waals surface area contributed by atoms with E-state index in [-0.39, 0.29) is 18.4 Å². The topological polar surface area (TPSA) is 80.3 Å². The maximum Gasteiger partial charge on any atom is 0.262 e. The minimum Gasteiger partial charge on any atom is -0.482 e. The van der Waals surface area contributed by atoms with Crippen LogP contribution < -0.4 is 15.4 Å². The van der Waals surface area contributed by atoms with Crippen LogP contribution in [0.15, 0.2) is 48.5 Å². The monoisotopic (exact) mass is 365 g/mol. The van der Waals surface area contributed by atoms with E-state index in [2.05, 4.69) is 15.6 Å². The van der Waals surface area contributed by atoms with Gasteiger partial charge in [0.25, 0.3) is 11.8 Å². The molecule has 3 aromatic rings. The number of thiazole rings is 1. The van der Waals surface area contributed by atoms with Crippen LogP contribution in [0.25, 0.3) is 11.3 Å². The van der Waals surface area contributed by atoms with Gasteiger partial charge in [0, 0.05) is 16.0 Å². The summed E-state index contributed by atoms with van der Waals surface area (Å²) in [5.74, 6) is 0.260. The third-order valence-corrected chi connectivity index (χ3v) is 4.83. The van der Waals surface area contributed by atoms with Crippen molar-refractivity contribution in [2.75, 3.05) is 17.2 Å². The molecule has 2 N–H and O–H groups in total. The lowest BCUT2D eigenvalue weighted by Crippen LogP contribution is -2.25. The van der Waals surface area contributed by atoms with E-state index in [0.717, 1.165) is 16.1 Å². The van der Waals surface area contributed by atoms with Gasteiger partial charge in [-0.1, -0.05) is 18.2 Å². The van der Waals surface area contributed by atoms with Gasteiger partial charge in [0.2, 0.25) is 0 Å². The molecule has 0 unspecified atom stereocenters. The molecule has 4 rings (SSSR count). The summed E-state index contributed by atoms with van der Waals surface area (Å²) >= 11 is 1.41. The minimum absolute atomic E-state index is 0.0255. The van der Waals surface area contributed by atoms with E-state index in [1.165, 1.54) is 11.3 Å². The van der Waals surface area contributed by atoms with Crippen molar-refractivity contribution in [2.24, 2.45) is 0 Å². The standard InChI is InChI=1S/C19H15N3O3S/c1-11-17(13-7-8-15-14(9-13)20-16(23)10-25-15)21-19(26-11)22-18(24)12-5-3-2-4-6-12/h2-9H,10H2,1H3,(H,20,23)(H,21,22,24). The predicted molar refractivity (Wildman–Crippen MR) is 101 cm³/mol. The van der Waals surface area contributed by atoms with Crippen LogP contribution in [0, 0.1) is 6.92 Å². The van der Waals surface area contributed by atoms with Gasteiger partial charge in [0.05, 0.1) is 11.4 Å². The molecule has 0 radical (unpaired) electrons. The van der Waals surface area contributed by atoms with E-state index in [0.29, 0.717) is 22.1 Å². The van der Waals surface area contributed by atoms with Gasteiger partial charge in [-0.25, -0.2) is 4.98 Å². The van der Waals surface area contributed by atoms with E-state index in [1.54, 1.807) is 12.1 Å². The van der Waals surface area contributed by atoms with Crippen molar-refractivity contribution in [3.05, 3.63) is 59.0 Å². The van der Waals surface area contributed by atoms with Crippen molar-refractivity contribution >= 4 is 34.0 Å². The third-order valence-electron chi connectivity index (χ3n) is 3.94. The van der Waals surface area contributed by atoms with Gasteiger partial charge in [-0.05, 0) is 37.3 Å². The number of fused-ring (bicyclic) bond motifs is 1. The zero-order chi connectivity index (χ0) is 18.1. The number of hydrogen-bond acceptors (Lipinski definition) is 5. The number of hydrogen-bond donors (Lipinski definition) is 2. The smallest absolute Gasteiger partial charge is 0.262 e. The number of benzene rings is 2. The molecule has 2 amide bonds. The van der Waals surface area contributed by atoms with Gasteiger partial charge >= 0.3 is 0 Å². The van der Waals surface area contributed by atoms with Crippen molar-refractivity contribution in [1.82, 2.24) is 4.98 Å². The molecule has 7 heteroatoms. The highest BCUT2D eigenvalue weighted by molar-refractivity contribution is 7.16. The van der Waals surface area contributed by atoms with Gasteiger partial charge in [-0.2, -0.15) is 0 Å². The average Bonchev–Trinajstić information content (AvgIpc) is 3.02. The molecule has 6 nitrogen and oxygen atoms in total. The highest BCUT2D eigenvalue weighted by Gasteiger charge is 2.18. The SMILES string of the molecule is Cc1sc(NC(=O)c2ccccc2)nc1-c1ccc2c(c1)NC(=O)CO2. The fraction of sp³-hybridized carbons (Fsp3) is 0.105. The van der Waals surface area contributed by atoms with E-state index in [1.807, 2.05) is 43.3 Å². The number of rotatable bonds is 3. The zero-order valence-corrected chi connectivity index (χ0v) is 14.7. The molecule has 26 heavy (non-hydrogen) atoms. The number of amides is 2. The molecule has 0 saturated carbocycles. The van der Waals surface area contributed by atoms with Crippen LogP contribution in [0.5, 0.6) is 5.75 Å². The van der Waals surface area contributed by atoms with Gasteiger partial charge in [0.15, 0.2) is 11.7 Å². The van der Waals surface area contributed by atoms with E-state index >= 15 is 0 Å². The Hall–Kier alpha value is -3.19. The zero-order valence-electron chi connectivity index (χ0n) is 13.9. The number of carbonyl (C=O) groups is 2. The number of ether oxygens (including phenoxy) is 1. The molecule has 2 aromatic carbocycles. The lowest BCUT2D eigenvalue weighted by atomic mass is 10.1. The van der Waals surface area contributed by atoms with Crippen molar-refractivity contribution in [2.45, 2.75) is 6.92 Å². The molecular weight excluding hydrogens is 350 g/mol. The Morgan fingerprint density at radius 2 is 2.04 bits per heavy atom. The number of aromatic nitrogens is 1. The van der Waals surface area contributed by atoms with Gasteiger partial charge in [-0.3, -0.25) is 14.9 Å². The second-order valence-electron chi connectivity index (χ2n) is 5.79. The van der Waals surface area contributed by atoms with E-state index in [9.17, 15) is 9.59 Å². The summed E-state index contributed by atoms with van der Waals surface area (Å²) in [5.41, 5.74) is 2.82. The summed E-state index contributed by atoms with van der Waals surface area (Å²) in [7, 11) is 0. The summed E-state index contributed by atoms with van der Waals surface area (Å²) in [5, 5.41) is 6.16. The lowest BCUT2D eigenvalue weighted by Gasteiger charge is -2.18. The van der Waals surface area contributed by atoms with Crippen molar-refractivity contribution in [3.8, 4) is 17.0 Å². The van der Waals surface area contributed by atoms with Crippen LogP contribution in [0.3, 0.4) is 0 Å². The van der Waals surface area contributed by atoms with Crippen LogP contribution in [0.1, 0.15) is 15.2 Å². The van der Waals surface area contributed by atoms with Crippen molar-refractivity contribution in [3.63, 3.8) is 0 Å². The van der Waals surface area contributed by atoms with Gasteiger partial charge in [-0.15, -0.1) is 11.3 Å². The Labute approximate surface area is 153 Å². The van der Waals surface area contributed by atoms with Gasteiger partial charge in [0.1, 0.15) is 5.75 Å². The largest absolute Gasteiger partial charge is 0.482 e. The summed E-state index contributed by atoms with van der Waals surface area (Å²) < 4.78 is 5.38. The normalized spacial score (nSPS) is 12.7. The molecule has 0 saturated heterocycles. The molecule has 0 spiro atoms. The molecule has 0 atom stereocenters. The molecule has 130 valence electrons. The maximum absolute atomic E-state index is 12.3. The average molecular weight is 365 g/mol. The first-order valence-corrected chi connectivity index (χ1v) is 8.83. The molecule has 0 fully saturated rings. The fourth-order valence-corrected chi connectivity index (χ4v) is 3.54. The number of nitrogens with one attached hydrogen (secondary N) is 2. The van der Waals surface area contributed by atoms with Crippen molar-refractivity contribution in [1.29, 1.82) is 0 Å². The second-order valence-corrected chi connectivity index (χ2v) is 6.99. The van der Waals surface area contributed by atoms with Crippen LogP contribution in [0.4, 0.5) is 10.8 Å². The Bertz CT molecular complexity index is 999. The molecule has 1 aromatic heterocycles. The van der Waals surface area contributed by atoms with Crippen LogP contribution in [-0.2, 0) is 4.79 Å². The highest BCUT2D eigenvalue weighted by Crippen LogP contribution is 2.36. The van der Waals surface area contributed by atoms with E-state index < -0.39 is 0 Å². The predicted octanol–water partition coefficient (Wildman–Crippen LogP) is 3.70. The first kappa shape index (κ1) is 16.3. The molecule has 0 aliphatic carbocycles. The quantitative estimate of drug-likeness (QED) is 0.742. The molecule has 1 aliphatic rings. The fourth-order valence-electron chi connectivity index (χ4n) is 2.71. The minimum atomic E-state index is -0.197. The Morgan fingerprint density at radius 3 is 2.85 bits per heavy atom. The van der Waals surface area contributed by atoms with Crippen LogP contribution in [0.2, 0.25) is 0 Å². The number of anilines is 2. The first-order valence-electron chi connectivity index (χ1n) is 8.01. The van der Waals surface area contributed by atoms with E-state index in [4.69, 9.17) is 4.74 Å². The van der Waals surface area contributed by atoms with Crippen LogP contribution >= 0.6 is 11.3 Å². The molecule has 2 heterocycles. The Balaban J connectivity index is 1.60. The maximum atomic E-state index is 12.3. The summed E-state index contributed by atoms with van der Waals surface area (Å²) in [6.07, 6.45) is 0. The lowest BCUT2D eigenvalue weighted by molar-refractivity contribution is -0.118. The highest BCUT2D eigenvalue weighted by atomic mass is 32.1. The second kappa shape index (κ2) is 6.61. The number of aryl methyl sites for hydroxylation is 1. The Kier molecular flexibility index (Phi) is 4.14. The van der Waals surface area contributed by atoms with Crippen LogP contribution in [-0.4, -0.2) is 23.4 Å². The van der Waals surface area contributed by atoms with Gasteiger partial charge < -0.3 is 10.1 Å². The summed E-state index contributed by atoms with van der Waals surface area (Å²) in [4.78, 5) is 29.3. The molecule has 1 aliphatic heterocycles. The van der Waals surface area contributed by atoms with Crippen molar-refractivity contribution < 1.29 is 14.3 Å².